The summed E-state index contributed by atoms with van der Waals surface area (Å²) in [6, 6.07) is 8.58. The number of aryl methyl sites for hydroxylation is 1. The molecule has 1 saturated heterocycles. The van der Waals surface area contributed by atoms with E-state index in [1.54, 1.807) is 0 Å². The normalized spacial score (nSPS) is 14.4. The number of nitrogens with zero attached hydrogens (tertiary/aromatic N) is 2. The second-order valence-corrected chi connectivity index (χ2v) is 5.34. The fourth-order valence-corrected chi connectivity index (χ4v) is 2.62. The molecule has 1 fully saturated rings. The lowest BCUT2D eigenvalue weighted by Crippen LogP contribution is -2.41. The van der Waals surface area contributed by atoms with E-state index in [0.29, 0.717) is 6.54 Å². The number of nitrogens with one attached hydrogen (secondary N) is 1. The first-order chi connectivity index (χ1) is 9.70. The molecule has 0 radical (unpaired) electrons. The van der Waals surface area contributed by atoms with Crippen LogP contribution in [0.5, 0.6) is 0 Å². The summed E-state index contributed by atoms with van der Waals surface area (Å²) in [6.07, 6.45) is 2.27. The number of likely N-dealkylation sites (tertiary alicyclic amines) is 1. The molecule has 0 aliphatic carbocycles. The highest BCUT2D eigenvalue weighted by molar-refractivity contribution is 5.74. The molecule has 0 spiro atoms. The van der Waals surface area contributed by atoms with Crippen LogP contribution in [-0.2, 0) is 0 Å². The fourth-order valence-electron chi connectivity index (χ4n) is 2.62. The van der Waals surface area contributed by atoms with Crippen molar-refractivity contribution >= 4 is 11.7 Å². The smallest absolute Gasteiger partial charge is 0.317 e. The Bertz CT molecular complexity index is 441. The number of carbonyl (C=O) groups excluding carboxylic acids is 1. The number of rotatable bonds is 5. The number of benzene rings is 1. The van der Waals surface area contributed by atoms with Crippen molar-refractivity contribution in [3.05, 3.63) is 29.8 Å². The molecule has 1 aromatic carbocycles. The summed E-state index contributed by atoms with van der Waals surface area (Å²) in [7, 11) is 0. The van der Waals surface area contributed by atoms with E-state index in [1.807, 2.05) is 4.90 Å². The van der Waals surface area contributed by atoms with Crippen LogP contribution in [-0.4, -0.2) is 43.7 Å². The summed E-state index contributed by atoms with van der Waals surface area (Å²) in [4.78, 5) is 16.1. The van der Waals surface area contributed by atoms with Gasteiger partial charge < -0.3 is 15.1 Å². The molecule has 2 rings (SSSR count). The molecule has 1 N–H and O–H groups in total. The first kappa shape index (κ1) is 14.7. The molecule has 1 aliphatic rings. The highest BCUT2D eigenvalue weighted by Gasteiger charge is 2.17. The van der Waals surface area contributed by atoms with Gasteiger partial charge in [0.1, 0.15) is 0 Å². The number of hydrogen-bond acceptors (Lipinski definition) is 2. The Balaban J connectivity index is 1.80. The number of carbonyl (C=O) groups is 1. The first-order valence-electron chi connectivity index (χ1n) is 7.55. The molecule has 0 saturated carbocycles. The van der Waals surface area contributed by atoms with Gasteiger partial charge in [0.2, 0.25) is 0 Å². The molecule has 2 amide bonds. The van der Waals surface area contributed by atoms with Crippen LogP contribution in [0.25, 0.3) is 0 Å². The zero-order chi connectivity index (χ0) is 14.4. The molecule has 1 aliphatic heterocycles. The van der Waals surface area contributed by atoms with Gasteiger partial charge in [-0.3, -0.25) is 0 Å². The van der Waals surface area contributed by atoms with Crippen LogP contribution in [0.15, 0.2) is 24.3 Å². The second kappa shape index (κ2) is 7.17. The number of likely N-dealkylation sites (N-methyl/N-ethyl adjacent to an activating group) is 1. The van der Waals surface area contributed by atoms with Crippen LogP contribution in [0.1, 0.15) is 25.3 Å². The lowest BCUT2D eigenvalue weighted by atomic mass is 10.2. The number of amides is 2. The van der Waals surface area contributed by atoms with Crippen LogP contribution in [0.3, 0.4) is 0 Å². The van der Waals surface area contributed by atoms with Gasteiger partial charge in [-0.15, -0.1) is 0 Å². The Morgan fingerprint density at radius 3 is 2.75 bits per heavy atom. The summed E-state index contributed by atoms with van der Waals surface area (Å²) in [5, 5.41) is 3.02. The second-order valence-electron chi connectivity index (χ2n) is 5.34. The van der Waals surface area contributed by atoms with Gasteiger partial charge >= 0.3 is 6.03 Å². The zero-order valence-corrected chi connectivity index (χ0v) is 12.6. The van der Waals surface area contributed by atoms with E-state index in [9.17, 15) is 4.79 Å². The van der Waals surface area contributed by atoms with Crippen LogP contribution < -0.4 is 10.2 Å². The Morgan fingerprint density at radius 2 is 2.10 bits per heavy atom. The third-order valence-electron chi connectivity index (χ3n) is 3.80. The van der Waals surface area contributed by atoms with E-state index < -0.39 is 0 Å². The summed E-state index contributed by atoms with van der Waals surface area (Å²) in [5.74, 6) is 0. The highest BCUT2D eigenvalue weighted by atomic mass is 16.2. The molecule has 0 atom stereocenters. The largest absolute Gasteiger partial charge is 0.370 e. The van der Waals surface area contributed by atoms with Crippen LogP contribution in [0.4, 0.5) is 10.5 Å². The average molecular weight is 275 g/mol. The minimum atomic E-state index is 0.0859. The summed E-state index contributed by atoms with van der Waals surface area (Å²) < 4.78 is 0. The maximum Gasteiger partial charge on any atom is 0.317 e. The molecule has 0 bridgehead atoms. The van der Waals surface area contributed by atoms with E-state index >= 15 is 0 Å². The lowest BCUT2D eigenvalue weighted by Gasteiger charge is -2.24. The van der Waals surface area contributed by atoms with Gasteiger partial charge in [-0.05, 0) is 44.4 Å². The van der Waals surface area contributed by atoms with Crippen molar-refractivity contribution in [3.8, 4) is 0 Å². The van der Waals surface area contributed by atoms with Crippen LogP contribution in [0, 0.1) is 6.92 Å². The summed E-state index contributed by atoms with van der Waals surface area (Å²) >= 11 is 0. The van der Waals surface area contributed by atoms with Crippen LogP contribution >= 0.6 is 0 Å². The minimum absolute atomic E-state index is 0.0859. The van der Waals surface area contributed by atoms with Crippen molar-refractivity contribution in [1.82, 2.24) is 10.2 Å². The predicted octanol–water partition coefficient (Wildman–Crippen LogP) is 2.63. The van der Waals surface area contributed by atoms with E-state index in [2.05, 4.69) is 48.3 Å². The third-order valence-corrected chi connectivity index (χ3v) is 3.80. The number of urea groups is 1. The van der Waals surface area contributed by atoms with Crippen molar-refractivity contribution in [2.45, 2.75) is 26.7 Å². The van der Waals surface area contributed by atoms with Gasteiger partial charge in [-0.1, -0.05) is 12.1 Å². The molecule has 1 heterocycles. The maximum absolute atomic E-state index is 11.9. The monoisotopic (exact) mass is 275 g/mol. The summed E-state index contributed by atoms with van der Waals surface area (Å²) in [6.45, 7) is 8.54. The number of anilines is 1. The maximum atomic E-state index is 11.9. The first-order valence-corrected chi connectivity index (χ1v) is 7.55. The van der Waals surface area contributed by atoms with E-state index in [0.717, 1.165) is 39.0 Å². The summed E-state index contributed by atoms with van der Waals surface area (Å²) in [5.41, 5.74) is 2.49. The Morgan fingerprint density at radius 1 is 1.35 bits per heavy atom. The van der Waals surface area contributed by atoms with Gasteiger partial charge in [0.05, 0.1) is 0 Å². The van der Waals surface area contributed by atoms with Gasteiger partial charge in [0, 0.05) is 38.4 Å². The van der Waals surface area contributed by atoms with Crippen molar-refractivity contribution < 1.29 is 4.79 Å². The molecular weight excluding hydrogens is 250 g/mol. The topological polar surface area (TPSA) is 35.6 Å². The van der Waals surface area contributed by atoms with Crippen molar-refractivity contribution in [1.29, 1.82) is 0 Å². The molecule has 20 heavy (non-hydrogen) atoms. The fraction of sp³-hybridized carbons (Fsp3) is 0.562. The average Bonchev–Trinajstić information content (AvgIpc) is 2.97. The van der Waals surface area contributed by atoms with E-state index in [1.165, 1.54) is 11.3 Å². The van der Waals surface area contributed by atoms with E-state index in [-0.39, 0.29) is 6.03 Å². The standard InChI is InChI=1S/C16H25N3O/c1-3-18(15-8-6-7-14(2)13-15)12-9-17-16(20)19-10-4-5-11-19/h6-8,13H,3-5,9-12H2,1-2H3,(H,17,20). The van der Waals surface area contributed by atoms with Gasteiger partial charge in [0.25, 0.3) is 0 Å². The molecule has 0 aromatic heterocycles. The van der Waals surface area contributed by atoms with Crippen molar-refractivity contribution in [2.75, 3.05) is 37.6 Å². The number of hydrogen-bond donors (Lipinski definition) is 1. The molecular formula is C16H25N3O. The van der Waals surface area contributed by atoms with Gasteiger partial charge in [-0.2, -0.15) is 0 Å². The lowest BCUT2D eigenvalue weighted by molar-refractivity contribution is 0.209. The molecule has 4 heteroatoms. The van der Waals surface area contributed by atoms with Gasteiger partial charge in [0.15, 0.2) is 0 Å². The zero-order valence-electron chi connectivity index (χ0n) is 12.6. The Labute approximate surface area is 121 Å². The Hall–Kier alpha value is -1.71. The third kappa shape index (κ3) is 3.89. The van der Waals surface area contributed by atoms with Gasteiger partial charge in [-0.25, -0.2) is 4.79 Å². The molecule has 0 unspecified atom stereocenters. The highest BCUT2D eigenvalue weighted by Crippen LogP contribution is 2.15. The van der Waals surface area contributed by atoms with Crippen LogP contribution in [0.2, 0.25) is 0 Å². The minimum Gasteiger partial charge on any atom is -0.370 e. The predicted molar refractivity (Wildman–Crippen MR) is 83.3 cm³/mol. The molecule has 1 aromatic rings. The molecule has 110 valence electrons. The molecule has 4 nitrogen and oxygen atoms in total. The SMILES string of the molecule is CCN(CCNC(=O)N1CCCC1)c1cccc(C)c1. The quantitative estimate of drug-likeness (QED) is 0.896. The Kier molecular flexibility index (Phi) is 5.27. The van der Waals surface area contributed by atoms with Crippen molar-refractivity contribution in [3.63, 3.8) is 0 Å². The van der Waals surface area contributed by atoms with E-state index in [4.69, 9.17) is 0 Å². The van der Waals surface area contributed by atoms with Crippen molar-refractivity contribution in [2.24, 2.45) is 0 Å².